The number of rotatable bonds is 5. The van der Waals surface area contributed by atoms with Crippen LogP contribution in [0.1, 0.15) is 0 Å². The molecule has 2 rings (SSSR count). The second-order valence-corrected chi connectivity index (χ2v) is 3.50. The molecule has 0 saturated heterocycles. The Bertz CT molecular complexity index is 482. The Morgan fingerprint density at radius 2 is 2.00 bits per heavy atom. The van der Waals surface area contributed by atoms with Crippen molar-refractivity contribution in [2.75, 3.05) is 19.5 Å². The van der Waals surface area contributed by atoms with E-state index in [1.807, 2.05) is 30.5 Å². The molecule has 0 unspecified atom stereocenters. The number of ether oxygens (including phenoxy) is 2. The smallest absolute Gasteiger partial charge is 0.161 e. The molecular weight excluding hydrogens is 218 g/mol. The van der Waals surface area contributed by atoms with Crippen LogP contribution in [0.2, 0.25) is 0 Å². The lowest BCUT2D eigenvalue weighted by atomic mass is 10.3. The maximum absolute atomic E-state index is 5.61. The van der Waals surface area contributed by atoms with Gasteiger partial charge in [0, 0.05) is 6.20 Å². The number of benzene rings is 1. The van der Waals surface area contributed by atoms with E-state index in [0.717, 1.165) is 11.5 Å². The standard InChI is InChI=1S/C12H15N3O2/c1-16-10-4-2-3-5-11(10)17-9-8-15-7-6-12(13)14-15/h2-7H,8-9H2,1H3,(H2,13,14). The Hall–Kier alpha value is -2.17. The Morgan fingerprint density at radius 3 is 2.65 bits per heavy atom. The fourth-order valence-corrected chi connectivity index (χ4v) is 1.49. The minimum Gasteiger partial charge on any atom is -0.493 e. The molecule has 0 aliphatic rings. The fraction of sp³-hybridized carbons (Fsp3) is 0.250. The molecule has 0 spiro atoms. The van der Waals surface area contributed by atoms with Crippen molar-refractivity contribution in [3.8, 4) is 11.5 Å². The van der Waals surface area contributed by atoms with E-state index in [0.29, 0.717) is 19.0 Å². The molecule has 1 aromatic carbocycles. The molecule has 0 fully saturated rings. The summed E-state index contributed by atoms with van der Waals surface area (Å²) in [5, 5.41) is 4.07. The predicted molar refractivity (Wildman–Crippen MR) is 65.1 cm³/mol. The monoisotopic (exact) mass is 233 g/mol. The van der Waals surface area contributed by atoms with E-state index < -0.39 is 0 Å². The van der Waals surface area contributed by atoms with Crippen molar-refractivity contribution in [2.24, 2.45) is 0 Å². The molecule has 0 bridgehead atoms. The van der Waals surface area contributed by atoms with Gasteiger partial charge in [-0.2, -0.15) is 5.10 Å². The van der Waals surface area contributed by atoms with E-state index in [4.69, 9.17) is 15.2 Å². The van der Waals surface area contributed by atoms with Gasteiger partial charge in [0.05, 0.1) is 13.7 Å². The van der Waals surface area contributed by atoms with Crippen molar-refractivity contribution in [1.29, 1.82) is 0 Å². The van der Waals surface area contributed by atoms with Crippen LogP contribution in [0.15, 0.2) is 36.5 Å². The van der Waals surface area contributed by atoms with Gasteiger partial charge in [-0.15, -0.1) is 0 Å². The lowest BCUT2D eigenvalue weighted by Gasteiger charge is -2.10. The van der Waals surface area contributed by atoms with E-state index in [9.17, 15) is 0 Å². The Morgan fingerprint density at radius 1 is 1.24 bits per heavy atom. The Labute approximate surface area is 99.8 Å². The van der Waals surface area contributed by atoms with Gasteiger partial charge in [0.25, 0.3) is 0 Å². The Balaban J connectivity index is 1.89. The maximum Gasteiger partial charge on any atom is 0.161 e. The van der Waals surface area contributed by atoms with Crippen LogP contribution in [0.25, 0.3) is 0 Å². The van der Waals surface area contributed by atoms with Crippen molar-refractivity contribution in [3.05, 3.63) is 36.5 Å². The molecule has 0 saturated carbocycles. The van der Waals surface area contributed by atoms with E-state index in [1.165, 1.54) is 0 Å². The van der Waals surface area contributed by atoms with Gasteiger partial charge in [-0.3, -0.25) is 4.68 Å². The molecule has 2 N–H and O–H groups in total. The van der Waals surface area contributed by atoms with Crippen molar-refractivity contribution >= 4 is 5.82 Å². The molecule has 1 aromatic heterocycles. The molecule has 1 heterocycles. The zero-order valence-corrected chi connectivity index (χ0v) is 9.67. The van der Waals surface area contributed by atoms with Gasteiger partial charge in [-0.05, 0) is 18.2 Å². The minimum atomic E-state index is 0.515. The predicted octanol–water partition coefficient (Wildman–Crippen LogP) is 1.55. The third-order valence-electron chi connectivity index (χ3n) is 2.31. The summed E-state index contributed by atoms with van der Waals surface area (Å²) in [5.74, 6) is 1.98. The summed E-state index contributed by atoms with van der Waals surface area (Å²) in [6.45, 7) is 1.16. The molecule has 0 aliphatic carbocycles. The highest BCUT2D eigenvalue weighted by Crippen LogP contribution is 2.25. The number of nitrogen functional groups attached to an aromatic ring is 1. The van der Waals surface area contributed by atoms with Gasteiger partial charge in [0.2, 0.25) is 0 Å². The zero-order valence-electron chi connectivity index (χ0n) is 9.67. The minimum absolute atomic E-state index is 0.515. The summed E-state index contributed by atoms with van der Waals surface area (Å²) in [6.07, 6.45) is 1.82. The number of methoxy groups -OCH3 is 1. The number of hydrogen-bond donors (Lipinski definition) is 1. The maximum atomic E-state index is 5.61. The van der Waals surface area contributed by atoms with Crippen LogP contribution >= 0.6 is 0 Å². The fourth-order valence-electron chi connectivity index (χ4n) is 1.49. The van der Waals surface area contributed by atoms with Crippen molar-refractivity contribution in [2.45, 2.75) is 6.54 Å². The molecule has 0 radical (unpaired) electrons. The molecule has 0 amide bonds. The first-order valence-corrected chi connectivity index (χ1v) is 5.34. The first kappa shape index (κ1) is 11.3. The SMILES string of the molecule is COc1ccccc1OCCn1ccc(N)n1. The highest BCUT2D eigenvalue weighted by molar-refractivity contribution is 5.39. The highest BCUT2D eigenvalue weighted by atomic mass is 16.5. The van der Waals surface area contributed by atoms with Crippen molar-refractivity contribution in [3.63, 3.8) is 0 Å². The lowest BCUT2D eigenvalue weighted by molar-refractivity contribution is 0.274. The summed E-state index contributed by atoms with van der Waals surface area (Å²) in [7, 11) is 1.62. The lowest BCUT2D eigenvalue weighted by Crippen LogP contribution is -2.09. The largest absolute Gasteiger partial charge is 0.493 e. The number of para-hydroxylation sites is 2. The summed E-state index contributed by atoms with van der Waals surface area (Å²) in [4.78, 5) is 0. The average molecular weight is 233 g/mol. The number of anilines is 1. The van der Waals surface area contributed by atoms with Gasteiger partial charge < -0.3 is 15.2 Å². The quantitative estimate of drug-likeness (QED) is 0.851. The van der Waals surface area contributed by atoms with Crippen LogP contribution in [-0.2, 0) is 6.54 Å². The second-order valence-electron chi connectivity index (χ2n) is 3.50. The van der Waals surface area contributed by atoms with Crippen LogP contribution in [0, 0.1) is 0 Å². The number of aromatic nitrogens is 2. The summed E-state index contributed by atoms with van der Waals surface area (Å²) >= 11 is 0. The van der Waals surface area contributed by atoms with Gasteiger partial charge in [-0.25, -0.2) is 0 Å². The summed E-state index contributed by atoms with van der Waals surface area (Å²) in [6, 6.07) is 9.30. The first-order valence-electron chi connectivity index (χ1n) is 5.34. The van der Waals surface area contributed by atoms with Gasteiger partial charge in [-0.1, -0.05) is 12.1 Å². The summed E-state index contributed by atoms with van der Waals surface area (Å²) in [5.41, 5.74) is 5.51. The van der Waals surface area contributed by atoms with Crippen molar-refractivity contribution < 1.29 is 9.47 Å². The van der Waals surface area contributed by atoms with Gasteiger partial charge >= 0.3 is 0 Å². The van der Waals surface area contributed by atoms with Gasteiger partial charge in [0.15, 0.2) is 11.5 Å². The Kier molecular flexibility index (Phi) is 3.49. The molecule has 0 aliphatic heterocycles. The molecule has 90 valence electrons. The third kappa shape index (κ3) is 2.90. The first-order chi connectivity index (χ1) is 8.29. The van der Waals surface area contributed by atoms with Crippen LogP contribution in [0.3, 0.4) is 0 Å². The van der Waals surface area contributed by atoms with Gasteiger partial charge in [0.1, 0.15) is 12.4 Å². The molecule has 17 heavy (non-hydrogen) atoms. The molecule has 5 nitrogen and oxygen atoms in total. The van der Waals surface area contributed by atoms with Crippen LogP contribution < -0.4 is 15.2 Å². The average Bonchev–Trinajstić information content (AvgIpc) is 2.76. The number of nitrogens with two attached hydrogens (primary N) is 1. The second kappa shape index (κ2) is 5.25. The van der Waals surface area contributed by atoms with E-state index in [2.05, 4.69) is 5.10 Å². The van der Waals surface area contributed by atoms with Crippen LogP contribution in [0.5, 0.6) is 11.5 Å². The van der Waals surface area contributed by atoms with Crippen LogP contribution in [0.4, 0.5) is 5.82 Å². The normalized spacial score (nSPS) is 10.2. The molecular formula is C12H15N3O2. The highest BCUT2D eigenvalue weighted by Gasteiger charge is 2.02. The van der Waals surface area contributed by atoms with Crippen LogP contribution in [-0.4, -0.2) is 23.5 Å². The zero-order chi connectivity index (χ0) is 12.1. The number of hydrogen-bond acceptors (Lipinski definition) is 4. The molecule has 5 heteroatoms. The number of nitrogens with zero attached hydrogens (tertiary/aromatic N) is 2. The van der Waals surface area contributed by atoms with E-state index >= 15 is 0 Å². The van der Waals surface area contributed by atoms with Crippen molar-refractivity contribution in [1.82, 2.24) is 9.78 Å². The topological polar surface area (TPSA) is 62.3 Å². The van der Waals surface area contributed by atoms with E-state index in [1.54, 1.807) is 17.9 Å². The van der Waals surface area contributed by atoms with E-state index in [-0.39, 0.29) is 0 Å². The molecule has 2 aromatic rings. The third-order valence-corrected chi connectivity index (χ3v) is 2.31. The molecule has 0 atom stereocenters. The summed E-state index contributed by atoms with van der Waals surface area (Å²) < 4.78 is 12.5.